The largest absolute Gasteiger partial charge is 0.496 e. The number of hydrogen-bond acceptors (Lipinski definition) is 3. The number of unbranched alkanes of at least 4 members (excludes halogenated alkanes) is 1. The molecule has 2 N–H and O–H groups in total. The van der Waals surface area contributed by atoms with E-state index in [0.717, 1.165) is 36.4 Å². The van der Waals surface area contributed by atoms with Crippen molar-refractivity contribution in [3.8, 4) is 17.0 Å². The lowest BCUT2D eigenvalue weighted by Gasteiger charge is -2.06. The van der Waals surface area contributed by atoms with Gasteiger partial charge in [0.2, 0.25) is 0 Å². The molecule has 0 spiro atoms. The van der Waals surface area contributed by atoms with Crippen molar-refractivity contribution >= 4 is 5.69 Å². The Bertz CT molecular complexity index is 520. The van der Waals surface area contributed by atoms with Crippen molar-refractivity contribution < 1.29 is 4.74 Å². The third kappa shape index (κ3) is 2.47. The van der Waals surface area contributed by atoms with Crippen molar-refractivity contribution in [2.45, 2.75) is 26.3 Å². The Labute approximate surface area is 107 Å². The summed E-state index contributed by atoms with van der Waals surface area (Å²) < 4.78 is 7.24. The van der Waals surface area contributed by atoms with Crippen molar-refractivity contribution in [3.05, 3.63) is 30.5 Å². The van der Waals surface area contributed by atoms with Crippen LogP contribution in [0, 0.1) is 0 Å². The SMILES string of the molecule is CCCCn1cc(N)c(-c2ccccc2OC)n1. The second-order valence-corrected chi connectivity index (χ2v) is 4.25. The summed E-state index contributed by atoms with van der Waals surface area (Å²) in [6.45, 7) is 3.06. The average molecular weight is 245 g/mol. The first-order valence-corrected chi connectivity index (χ1v) is 6.22. The first-order valence-electron chi connectivity index (χ1n) is 6.22. The predicted octanol–water partition coefficient (Wildman–Crippen LogP) is 2.94. The zero-order chi connectivity index (χ0) is 13.0. The van der Waals surface area contributed by atoms with Crippen LogP contribution in [0.2, 0.25) is 0 Å². The number of ether oxygens (including phenoxy) is 1. The van der Waals surface area contributed by atoms with Crippen LogP contribution >= 0.6 is 0 Å². The van der Waals surface area contributed by atoms with E-state index in [2.05, 4.69) is 12.0 Å². The Balaban J connectivity index is 2.35. The monoisotopic (exact) mass is 245 g/mol. The van der Waals surface area contributed by atoms with Crippen molar-refractivity contribution in [2.24, 2.45) is 0 Å². The van der Waals surface area contributed by atoms with Crippen molar-refractivity contribution in [1.29, 1.82) is 0 Å². The summed E-state index contributed by atoms with van der Waals surface area (Å²) in [4.78, 5) is 0. The second kappa shape index (κ2) is 5.58. The Kier molecular flexibility index (Phi) is 3.87. The van der Waals surface area contributed by atoms with Gasteiger partial charge in [-0.3, -0.25) is 4.68 Å². The van der Waals surface area contributed by atoms with E-state index in [9.17, 15) is 0 Å². The second-order valence-electron chi connectivity index (χ2n) is 4.25. The van der Waals surface area contributed by atoms with Gasteiger partial charge in [0.1, 0.15) is 11.4 Å². The fraction of sp³-hybridized carbons (Fsp3) is 0.357. The van der Waals surface area contributed by atoms with Crippen LogP contribution in [0.4, 0.5) is 5.69 Å². The molecule has 18 heavy (non-hydrogen) atoms. The van der Waals surface area contributed by atoms with Gasteiger partial charge in [-0.05, 0) is 18.6 Å². The van der Waals surface area contributed by atoms with Crippen LogP contribution in [0.3, 0.4) is 0 Å². The molecule has 0 bridgehead atoms. The molecule has 2 aromatic rings. The number of nitrogen functional groups attached to an aromatic ring is 1. The Morgan fingerprint density at radius 1 is 1.33 bits per heavy atom. The van der Waals surface area contributed by atoms with Gasteiger partial charge in [-0.15, -0.1) is 0 Å². The number of anilines is 1. The molecule has 0 amide bonds. The maximum Gasteiger partial charge on any atom is 0.128 e. The predicted molar refractivity (Wildman–Crippen MR) is 73.5 cm³/mol. The smallest absolute Gasteiger partial charge is 0.128 e. The number of aryl methyl sites for hydroxylation is 1. The van der Waals surface area contributed by atoms with Crippen molar-refractivity contribution in [1.82, 2.24) is 9.78 Å². The van der Waals surface area contributed by atoms with Gasteiger partial charge in [0.05, 0.1) is 12.8 Å². The fourth-order valence-electron chi connectivity index (χ4n) is 1.92. The molecule has 0 aliphatic heterocycles. The number of nitrogens with zero attached hydrogens (tertiary/aromatic N) is 2. The maximum atomic E-state index is 6.03. The lowest BCUT2D eigenvalue weighted by Crippen LogP contribution is -1.98. The molecule has 1 aromatic heterocycles. The number of hydrogen-bond donors (Lipinski definition) is 1. The highest BCUT2D eigenvalue weighted by molar-refractivity contribution is 5.76. The molecule has 4 nitrogen and oxygen atoms in total. The zero-order valence-corrected chi connectivity index (χ0v) is 10.9. The maximum absolute atomic E-state index is 6.03. The molecule has 0 unspecified atom stereocenters. The fourth-order valence-corrected chi connectivity index (χ4v) is 1.92. The molecule has 0 radical (unpaired) electrons. The van der Waals surface area contributed by atoms with E-state index in [1.54, 1.807) is 7.11 Å². The highest BCUT2D eigenvalue weighted by Crippen LogP contribution is 2.32. The summed E-state index contributed by atoms with van der Waals surface area (Å²) in [6.07, 6.45) is 4.13. The van der Waals surface area contributed by atoms with Gasteiger partial charge < -0.3 is 10.5 Å². The highest BCUT2D eigenvalue weighted by atomic mass is 16.5. The van der Waals surface area contributed by atoms with Crippen LogP contribution in [0.25, 0.3) is 11.3 Å². The summed E-state index contributed by atoms with van der Waals surface area (Å²) in [6, 6.07) is 7.79. The van der Waals surface area contributed by atoms with Gasteiger partial charge in [-0.1, -0.05) is 25.5 Å². The van der Waals surface area contributed by atoms with E-state index >= 15 is 0 Å². The molecule has 96 valence electrons. The van der Waals surface area contributed by atoms with Gasteiger partial charge in [-0.25, -0.2) is 0 Å². The zero-order valence-electron chi connectivity index (χ0n) is 10.9. The molecular weight excluding hydrogens is 226 g/mol. The molecule has 4 heteroatoms. The van der Waals surface area contributed by atoms with Gasteiger partial charge in [0.15, 0.2) is 0 Å². The van der Waals surface area contributed by atoms with Crippen molar-refractivity contribution in [2.75, 3.05) is 12.8 Å². The number of nitrogens with two attached hydrogens (primary N) is 1. The lowest BCUT2D eigenvalue weighted by molar-refractivity contribution is 0.416. The molecule has 0 aliphatic rings. The lowest BCUT2D eigenvalue weighted by atomic mass is 10.1. The normalized spacial score (nSPS) is 10.6. The third-order valence-corrected chi connectivity index (χ3v) is 2.89. The molecule has 0 fully saturated rings. The average Bonchev–Trinajstić information content (AvgIpc) is 2.77. The minimum absolute atomic E-state index is 0.690. The molecule has 0 atom stereocenters. The van der Waals surface area contributed by atoms with E-state index in [4.69, 9.17) is 10.5 Å². The van der Waals surface area contributed by atoms with E-state index in [1.165, 1.54) is 0 Å². The molecule has 2 rings (SSSR count). The Morgan fingerprint density at radius 3 is 2.83 bits per heavy atom. The van der Waals surface area contributed by atoms with E-state index in [1.807, 2.05) is 35.1 Å². The number of methoxy groups -OCH3 is 1. The standard InChI is InChI=1S/C14H19N3O/c1-3-4-9-17-10-12(15)14(16-17)11-7-5-6-8-13(11)18-2/h5-8,10H,3-4,9,15H2,1-2H3. The van der Waals surface area contributed by atoms with Crippen LogP contribution in [-0.4, -0.2) is 16.9 Å². The van der Waals surface area contributed by atoms with Gasteiger partial charge in [0, 0.05) is 18.3 Å². The molecule has 0 saturated carbocycles. The minimum atomic E-state index is 0.690. The Morgan fingerprint density at radius 2 is 2.11 bits per heavy atom. The van der Waals surface area contributed by atoms with Crippen LogP contribution in [0.5, 0.6) is 5.75 Å². The molecule has 1 aromatic carbocycles. The van der Waals surface area contributed by atoms with Crippen LogP contribution in [-0.2, 0) is 6.54 Å². The van der Waals surface area contributed by atoms with Crippen LogP contribution < -0.4 is 10.5 Å². The summed E-state index contributed by atoms with van der Waals surface area (Å²) in [5.41, 5.74) is 8.45. The highest BCUT2D eigenvalue weighted by Gasteiger charge is 2.12. The van der Waals surface area contributed by atoms with E-state index < -0.39 is 0 Å². The Hall–Kier alpha value is -1.97. The van der Waals surface area contributed by atoms with Crippen LogP contribution in [0.1, 0.15) is 19.8 Å². The number of benzene rings is 1. The quantitative estimate of drug-likeness (QED) is 0.881. The minimum Gasteiger partial charge on any atom is -0.496 e. The first kappa shape index (κ1) is 12.5. The molecule has 0 aliphatic carbocycles. The first-order chi connectivity index (χ1) is 8.76. The third-order valence-electron chi connectivity index (χ3n) is 2.89. The van der Waals surface area contributed by atoms with Crippen LogP contribution in [0.15, 0.2) is 30.5 Å². The molecular formula is C14H19N3O. The van der Waals surface area contributed by atoms with Gasteiger partial charge >= 0.3 is 0 Å². The number of rotatable bonds is 5. The molecule has 1 heterocycles. The molecule has 0 saturated heterocycles. The number of para-hydroxylation sites is 1. The summed E-state index contributed by atoms with van der Waals surface area (Å²) in [5, 5.41) is 4.54. The van der Waals surface area contributed by atoms with Gasteiger partial charge in [-0.2, -0.15) is 5.10 Å². The van der Waals surface area contributed by atoms with E-state index in [0.29, 0.717) is 5.69 Å². The van der Waals surface area contributed by atoms with Crippen molar-refractivity contribution in [3.63, 3.8) is 0 Å². The summed E-state index contributed by atoms with van der Waals surface area (Å²) in [5.74, 6) is 0.796. The summed E-state index contributed by atoms with van der Waals surface area (Å²) >= 11 is 0. The van der Waals surface area contributed by atoms with Gasteiger partial charge in [0.25, 0.3) is 0 Å². The number of aromatic nitrogens is 2. The summed E-state index contributed by atoms with van der Waals surface area (Å²) in [7, 11) is 1.66. The topological polar surface area (TPSA) is 53.1 Å². The van der Waals surface area contributed by atoms with E-state index in [-0.39, 0.29) is 0 Å².